The Morgan fingerprint density at radius 3 is 2.68 bits per heavy atom. The number of ether oxygens (including phenoxy) is 2. The number of nitrogen functional groups attached to an aromatic ring is 1. The SMILES string of the molecule is CN(C)C(CCn1cnc(N)c2nc(Sc3cc4c(cc3Br)OCCO4)nc1-2)C1CC1. The maximum Gasteiger partial charge on any atom is 0.195 e. The van der Waals surface area contributed by atoms with Crippen molar-refractivity contribution in [2.75, 3.05) is 33.0 Å². The minimum Gasteiger partial charge on any atom is -0.486 e. The summed E-state index contributed by atoms with van der Waals surface area (Å²) in [5.74, 6) is 3.46. The van der Waals surface area contributed by atoms with Crippen LogP contribution < -0.4 is 15.2 Å². The number of aromatic nitrogens is 4. The summed E-state index contributed by atoms with van der Waals surface area (Å²) >= 11 is 5.09. The maximum atomic E-state index is 6.13. The van der Waals surface area contributed by atoms with E-state index in [1.165, 1.54) is 24.6 Å². The molecule has 0 radical (unpaired) electrons. The van der Waals surface area contributed by atoms with Crippen molar-refractivity contribution in [1.82, 2.24) is 24.4 Å². The molecule has 1 saturated carbocycles. The Bertz CT molecular complexity index is 1070. The molecule has 4 aliphatic rings. The Balaban J connectivity index is 1.40. The summed E-state index contributed by atoms with van der Waals surface area (Å²) in [4.78, 5) is 17.1. The number of benzene rings is 1. The number of anilines is 1. The molecule has 0 bridgehead atoms. The van der Waals surface area contributed by atoms with Crippen LogP contribution in [0, 0.1) is 5.92 Å². The Labute approximate surface area is 194 Å². The van der Waals surface area contributed by atoms with Gasteiger partial charge in [0.15, 0.2) is 34.0 Å². The quantitative estimate of drug-likeness (QED) is 0.519. The second kappa shape index (κ2) is 8.48. The molecule has 31 heavy (non-hydrogen) atoms. The lowest BCUT2D eigenvalue weighted by molar-refractivity contribution is 0.171. The van der Waals surface area contributed by atoms with E-state index in [0.29, 0.717) is 35.9 Å². The first-order valence-corrected chi connectivity index (χ1v) is 12.0. The van der Waals surface area contributed by atoms with Crippen molar-refractivity contribution in [2.45, 2.75) is 41.9 Å². The van der Waals surface area contributed by atoms with Gasteiger partial charge in [0.25, 0.3) is 0 Å². The van der Waals surface area contributed by atoms with Gasteiger partial charge >= 0.3 is 0 Å². The van der Waals surface area contributed by atoms with Gasteiger partial charge in [0.05, 0.1) is 6.33 Å². The molecule has 1 aromatic carbocycles. The summed E-state index contributed by atoms with van der Waals surface area (Å²) in [6, 6.07) is 4.46. The van der Waals surface area contributed by atoms with Gasteiger partial charge in [0.1, 0.15) is 13.2 Å². The normalized spacial score (nSPS) is 16.8. The van der Waals surface area contributed by atoms with Crippen LogP contribution in [0.15, 0.2) is 33.0 Å². The summed E-state index contributed by atoms with van der Waals surface area (Å²) in [5.41, 5.74) is 6.77. The van der Waals surface area contributed by atoms with E-state index in [1.54, 1.807) is 6.33 Å². The third-order valence-electron chi connectivity index (χ3n) is 5.76. The van der Waals surface area contributed by atoms with E-state index in [2.05, 4.69) is 49.5 Å². The van der Waals surface area contributed by atoms with Crippen LogP contribution in [-0.2, 0) is 6.54 Å². The number of aryl methyl sites for hydroxylation is 1. The molecule has 1 aromatic rings. The summed E-state index contributed by atoms with van der Waals surface area (Å²) in [7, 11) is 4.32. The first kappa shape index (κ1) is 20.8. The van der Waals surface area contributed by atoms with Gasteiger partial charge in [0, 0.05) is 22.0 Å². The van der Waals surface area contributed by atoms with Crippen LogP contribution in [0.1, 0.15) is 19.3 Å². The van der Waals surface area contributed by atoms with E-state index >= 15 is 0 Å². The van der Waals surface area contributed by atoms with Gasteiger partial charge in [-0.15, -0.1) is 0 Å². The van der Waals surface area contributed by atoms with Crippen molar-refractivity contribution in [3.8, 4) is 23.0 Å². The van der Waals surface area contributed by atoms with Gasteiger partial charge in [-0.2, -0.15) is 0 Å². The number of hydrogen-bond donors (Lipinski definition) is 1. The third-order valence-corrected chi connectivity index (χ3v) is 7.61. The van der Waals surface area contributed by atoms with E-state index < -0.39 is 0 Å². The zero-order valence-electron chi connectivity index (χ0n) is 17.5. The molecule has 0 aromatic heterocycles. The number of fused-ring (bicyclic) bond motifs is 2. The number of rotatable bonds is 7. The summed E-state index contributed by atoms with van der Waals surface area (Å²) in [6.07, 6.45) is 5.47. The molecule has 8 nitrogen and oxygen atoms in total. The second-order valence-corrected chi connectivity index (χ2v) is 10.1. The fourth-order valence-electron chi connectivity index (χ4n) is 4.03. The van der Waals surface area contributed by atoms with Gasteiger partial charge in [0.2, 0.25) is 0 Å². The Hall–Kier alpha value is -2.04. The first-order valence-electron chi connectivity index (χ1n) is 10.4. The Kier molecular flexibility index (Phi) is 5.70. The Morgan fingerprint density at radius 1 is 1.23 bits per heavy atom. The maximum absolute atomic E-state index is 6.13. The zero-order chi connectivity index (χ0) is 21.5. The smallest absolute Gasteiger partial charge is 0.195 e. The molecule has 0 amide bonds. The molecule has 3 heterocycles. The van der Waals surface area contributed by atoms with Crippen molar-refractivity contribution in [2.24, 2.45) is 5.92 Å². The third kappa shape index (κ3) is 4.33. The van der Waals surface area contributed by atoms with Gasteiger partial charge in [-0.1, -0.05) is 0 Å². The fourth-order valence-corrected chi connectivity index (χ4v) is 5.39. The predicted octanol–water partition coefficient (Wildman–Crippen LogP) is 3.78. The van der Waals surface area contributed by atoms with Crippen molar-refractivity contribution in [1.29, 1.82) is 0 Å². The van der Waals surface area contributed by atoms with E-state index in [-0.39, 0.29) is 0 Å². The monoisotopic (exact) mass is 504 g/mol. The lowest BCUT2D eigenvalue weighted by Crippen LogP contribution is -2.31. The molecule has 2 N–H and O–H groups in total. The van der Waals surface area contributed by atoms with Crippen LogP contribution in [0.5, 0.6) is 11.5 Å². The molecular weight excluding hydrogens is 480 g/mol. The van der Waals surface area contributed by atoms with Crippen LogP contribution >= 0.6 is 27.7 Å². The molecule has 1 atom stereocenters. The molecule has 164 valence electrons. The standard InChI is InChI=1S/C21H25BrN6O2S/c1-27(2)14(12-3-4-12)5-6-28-11-24-19(23)18-20(28)26-21(25-18)31-17-10-16-15(9-13(17)22)29-7-8-30-16/h9-12,14H,3-8,23H2,1-2H3. The van der Waals surface area contributed by atoms with E-state index in [4.69, 9.17) is 20.2 Å². The fraction of sp³-hybridized carbons (Fsp3) is 0.476. The number of halogens is 1. The number of imidazole rings is 1. The number of hydrogen-bond acceptors (Lipinski definition) is 8. The molecule has 3 aliphatic heterocycles. The highest BCUT2D eigenvalue weighted by molar-refractivity contribution is 9.10. The zero-order valence-corrected chi connectivity index (χ0v) is 19.9. The van der Waals surface area contributed by atoms with Gasteiger partial charge in [-0.3, -0.25) is 0 Å². The lowest BCUT2D eigenvalue weighted by atomic mass is 10.1. The second-order valence-electron chi connectivity index (χ2n) is 8.19. The van der Waals surface area contributed by atoms with E-state index in [9.17, 15) is 0 Å². The molecule has 10 heteroatoms. The van der Waals surface area contributed by atoms with Crippen LogP contribution in [0.3, 0.4) is 0 Å². The summed E-state index contributed by atoms with van der Waals surface area (Å²) in [5, 5.41) is 0.632. The molecule has 0 spiro atoms. The highest BCUT2D eigenvalue weighted by Gasteiger charge is 2.32. The van der Waals surface area contributed by atoms with Gasteiger partial charge in [-0.25, -0.2) is 15.0 Å². The highest BCUT2D eigenvalue weighted by atomic mass is 79.9. The number of nitrogens with two attached hydrogens (primary N) is 1. The highest BCUT2D eigenvalue weighted by Crippen LogP contribution is 2.42. The molecular formula is C21H25BrN6O2S. The van der Waals surface area contributed by atoms with E-state index in [0.717, 1.165) is 45.6 Å². The van der Waals surface area contributed by atoms with Crippen molar-refractivity contribution in [3.63, 3.8) is 0 Å². The largest absolute Gasteiger partial charge is 0.486 e. The van der Waals surface area contributed by atoms with E-state index in [1.807, 2.05) is 12.1 Å². The molecule has 0 saturated heterocycles. The first-order chi connectivity index (χ1) is 15.0. The predicted molar refractivity (Wildman–Crippen MR) is 123 cm³/mol. The number of nitrogens with zero attached hydrogens (tertiary/aromatic N) is 5. The molecule has 1 aliphatic carbocycles. The molecule has 5 rings (SSSR count). The van der Waals surface area contributed by atoms with Crippen LogP contribution in [0.4, 0.5) is 5.82 Å². The average Bonchev–Trinajstić information content (AvgIpc) is 3.48. The molecule has 1 unspecified atom stereocenters. The Morgan fingerprint density at radius 2 is 1.97 bits per heavy atom. The lowest BCUT2D eigenvalue weighted by Gasteiger charge is -2.24. The van der Waals surface area contributed by atoms with Crippen LogP contribution in [0.2, 0.25) is 0 Å². The minimum absolute atomic E-state index is 0.401. The topological polar surface area (TPSA) is 91.3 Å². The van der Waals surface area contributed by atoms with Gasteiger partial charge in [-0.05, 0) is 79.1 Å². The molecule has 1 fully saturated rings. The van der Waals surface area contributed by atoms with Crippen LogP contribution in [-0.4, -0.2) is 57.8 Å². The van der Waals surface area contributed by atoms with Crippen molar-refractivity contribution in [3.05, 3.63) is 22.9 Å². The summed E-state index contributed by atoms with van der Waals surface area (Å²) < 4.78 is 14.3. The van der Waals surface area contributed by atoms with Crippen molar-refractivity contribution >= 4 is 33.5 Å². The van der Waals surface area contributed by atoms with Crippen molar-refractivity contribution < 1.29 is 9.47 Å². The van der Waals surface area contributed by atoms with Crippen LogP contribution in [0.25, 0.3) is 11.5 Å². The average molecular weight is 505 g/mol. The minimum atomic E-state index is 0.401. The summed E-state index contributed by atoms with van der Waals surface area (Å²) in [6.45, 7) is 1.94. The van der Waals surface area contributed by atoms with Gasteiger partial charge < -0.3 is 24.7 Å².